The van der Waals surface area contributed by atoms with Crippen LogP contribution in [0.4, 0.5) is 8.78 Å². The molecule has 0 radical (unpaired) electrons. The van der Waals surface area contributed by atoms with Crippen LogP contribution in [0.1, 0.15) is 44.7 Å². The van der Waals surface area contributed by atoms with Crippen molar-refractivity contribution in [1.29, 1.82) is 0 Å². The summed E-state index contributed by atoms with van der Waals surface area (Å²) in [6.45, 7) is 4.49. The second-order valence-corrected chi connectivity index (χ2v) is 5.87. The molecule has 1 aliphatic heterocycles. The third-order valence-corrected chi connectivity index (χ3v) is 3.98. The Morgan fingerprint density at radius 2 is 2.13 bits per heavy atom. The molecule has 128 valence electrons. The summed E-state index contributed by atoms with van der Waals surface area (Å²) in [7, 11) is 0. The molecule has 0 aromatic heterocycles. The minimum atomic E-state index is -0.928. The molecule has 3 atom stereocenters. The van der Waals surface area contributed by atoms with Gasteiger partial charge in [0, 0.05) is 6.61 Å². The average molecular weight is 327 g/mol. The SMILES string of the molecule is C[C@H](OC[C@@H]1CCCCO1)C(=O)N[C@H](C)c1ccc(F)c(F)c1. The van der Waals surface area contributed by atoms with E-state index in [9.17, 15) is 13.6 Å². The van der Waals surface area contributed by atoms with Gasteiger partial charge < -0.3 is 14.8 Å². The van der Waals surface area contributed by atoms with Crippen LogP contribution in [0.2, 0.25) is 0 Å². The van der Waals surface area contributed by atoms with Crippen LogP contribution < -0.4 is 5.32 Å². The van der Waals surface area contributed by atoms with Crippen molar-refractivity contribution in [3.63, 3.8) is 0 Å². The van der Waals surface area contributed by atoms with Gasteiger partial charge in [0.2, 0.25) is 5.91 Å². The van der Waals surface area contributed by atoms with Crippen molar-refractivity contribution in [2.24, 2.45) is 0 Å². The van der Waals surface area contributed by atoms with Gasteiger partial charge >= 0.3 is 0 Å². The van der Waals surface area contributed by atoms with Crippen molar-refractivity contribution >= 4 is 5.91 Å². The topological polar surface area (TPSA) is 47.6 Å². The third kappa shape index (κ3) is 5.25. The quantitative estimate of drug-likeness (QED) is 0.873. The molecule has 1 heterocycles. The van der Waals surface area contributed by atoms with E-state index in [1.165, 1.54) is 6.07 Å². The number of hydrogen-bond donors (Lipinski definition) is 1. The van der Waals surface area contributed by atoms with Crippen LogP contribution in [0.3, 0.4) is 0 Å². The Kier molecular flexibility index (Phi) is 6.47. The van der Waals surface area contributed by atoms with Crippen LogP contribution in [0, 0.1) is 11.6 Å². The van der Waals surface area contributed by atoms with Crippen molar-refractivity contribution in [2.75, 3.05) is 13.2 Å². The van der Waals surface area contributed by atoms with Crippen LogP contribution in [-0.2, 0) is 14.3 Å². The lowest BCUT2D eigenvalue weighted by molar-refractivity contribution is -0.136. The first-order valence-electron chi connectivity index (χ1n) is 7.96. The number of halogens is 2. The number of amides is 1. The lowest BCUT2D eigenvalue weighted by atomic mass is 10.1. The van der Waals surface area contributed by atoms with Crippen LogP contribution in [0.5, 0.6) is 0 Å². The predicted octanol–water partition coefficient (Wildman–Crippen LogP) is 3.12. The molecule has 0 aliphatic carbocycles. The maximum absolute atomic E-state index is 13.2. The summed E-state index contributed by atoms with van der Waals surface area (Å²) >= 11 is 0. The molecule has 4 nitrogen and oxygen atoms in total. The van der Waals surface area contributed by atoms with Gasteiger partial charge in [0.15, 0.2) is 11.6 Å². The van der Waals surface area contributed by atoms with E-state index in [2.05, 4.69) is 5.32 Å². The van der Waals surface area contributed by atoms with Crippen molar-refractivity contribution < 1.29 is 23.0 Å². The second-order valence-electron chi connectivity index (χ2n) is 5.87. The fourth-order valence-corrected chi connectivity index (χ4v) is 2.46. The van der Waals surface area contributed by atoms with Gasteiger partial charge in [0.1, 0.15) is 6.10 Å². The molecular weight excluding hydrogens is 304 g/mol. The van der Waals surface area contributed by atoms with Gasteiger partial charge in [-0.2, -0.15) is 0 Å². The van der Waals surface area contributed by atoms with Crippen molar-refractivity contribution in [3.8, 4) is 0 Å². The molecule has 1 amide bonds. The molecule has 2 rings (SSSR count). The molecule has 1 aromatic rings. The summed E-state index contributed by atoms with van der Waals surface area (Å²) in [5.41, 5.74) is 0.500. The minimum Gasteiger partial charge on any atom is -0.376 e. The van der Waals surface area contributed by atoms with Gasteiger partial charge in [-0.15, -0.1) is 0 Å². The molecule has 1 aliphatic rings. The van der Waals surface area contributed by atoms with Crippen LogP contribution in [-0.4, -0.2) is 31.3 Å². The fourth-order valence-electron chi connectivity index (χ4n) is 2.46. The highest BCUT2D eigenvalue weighted by molar-refractivity contribution is 5.80. The fraction of sp³-hybridized carbons (Fsp3) is 0.588. The van der Waals surface area contributed by atoms with E-state index in [1.54, 1.807) is 13.8 Å². The van der Waals surface area contributed by atoms with Crippen molar-refractivity contribution in [1.82, 2.24) is 5.32 Å². The number of rotatable bonds is 6. The highest BCUT2D eigenvalue weighted by atomic mass is 19.2. The number of nitrogens with one attached hydrogen (secondary N) is 1. The number of carbonyl (C=O) groups excluding carboxylic acids is 1. The highest BCUT2D eigenvalue weighted by Crippen LogP contribution is 2.17. The van der Waals surface area contributed by atoms with Crippen molar-refractivity contribution in [3.05, 3.63) is 35.4 Å². The Labute approximate surface area is 135 Å². The maximum atomic E-state index is 13.2. The first-order chi connectivity index (χ1) is 11.0. The molecule has 0 spiro atoms. The van der Waals surface area contributed by atoms with Gasteiger partial charge in [0.25, 0.3) is 0 Å². The van der Waals surface area contributed by atoms with Crippen LogP contribution >= 0.6 is 0 Å². The molecule has 6 heteroatoms. The normalized spacial score (nSPS) is 20.8. The van der Waals surface area contributed by atoms with Crippen LogP contribution in [0.25, 0.3) is 0 Å². The van der Waals surface area contributed by atoms with Gasteiger partial charge in [-0.05, 0) is 50.8 Å². The number of ether oxygens (including phenoxy) is 2. The Hall–Kier alpha value is -1.53. The Morgan fingerprint density at radius 1 is 1.35 bits per heavy atom. The van der Waals surface area contributed by atoms with E-state index in [4.69, 9.17) is 9.47 Å². The molecule has 1 saturated heterocycles. The third-order valence-electron chi connectivity index (χ3n) is 3.98. The Balaban J connectivity index is 1.80. The first-order valence-corrected chi connectivity index (χ1v) is 7.96. The largest absolute Gasteiger partial charge is 0.376 e. The molecule has 1 fully saturated rings. The van der Waals surface area contributed by atoms with Gasteiger partial charge in [-0.25, -0.2) is 8.78 Å². The van der Waals surface area contributed by atoms with E-state index >= 15 is 0 Å². The standard InChI is InChI=1S/C17H23F2NO3/c1-11(13-6-7-15(18)16(19)9-13)20-17(21)12(2)23-10-14-5-3-4-8-22-14/h6-7,9,11-12,14H,3-5,8,10H2,1-2H3,(H,20,21)/t11-,12+,14+/m1/s1. The summed E-state index contributed by atoms with van der Waals surface area (Å²) in [5.74, 6) is -2.13. The Bertz CT molecular complexity index is 533. The van der Waals surface area contributed by atoms with E-state index in [1.807, 2.05) is 0 Å². The maximum Gasteiger partial charge on any atom is 0.249 e. The Morgan fingerprint density at radius 3 is 2.78 bits per heavy atom. The molecule has 1 N–H and O–H groups in total. The van der Waals surface area contributed by atoms with Gasteiger partial charge in [0.05, 0.1) is 18.8 Å². The van der Waals surface area contributed by atoms with E-state index in [0.717, 1.165) is 38.0 Å². The minimum absolute atomic E-state index is 0.0441. The van der Waals surface area contributed by atoms with E-state index < -0.39 is 23.8 Å². The zero-order valence-electron chi connectivity index (χ0n) is 13.5. The smallest absolute Gasteiger partial charge is 0.249 e. The summed E-state index contributed by atoms with van der Waals surface area (Å²) < 4.78 is 37.3. The summed E-state index contributed by atoms with van der Waals surface area (Å²) in [6, 6.07) is 3.15. The lowest BCUT2D eigenvalue weighted by Gasteiger charge is -2.24. The molecule has 0 unspecified atom stereocenters. The predicted molar refractivity (Wildman–Crippen MR) is 81.9 cm³/mol. The molecule has 23 heavy (non-hydrogen) atoms. The molecular formula is C17H23F2NO3. The zero-order chi connectivity index (χ0) is 16.8. The van der Waals surface area contributed by atoms with Crippen molar-refractivity contribution in [2.45, 2.75) is 51.4 Å². The summed E-state index contributed by atoms with van der Waals surface area (Å²) in [4.78, 5) is 12.1. The van der Waals surface area contributed by atoms with Gasteiger partial charge in [-0.3, -0.25) is 4.79 Å². The second kappa shape index (κ2) is 8.36. The summed E-state index contributed by atoms with van der Waals surface area (Å²) in [5, 5.41) is 2.74. The van der Waals surface area contributed by atoms with Crippen LogP contribution in [0.15, 0.2) is 18.2 Å². The zero-order valence-corrected chi connectivity index (χ0v) is 13.5. The lowest BCUT2D eigenvalue weighted by Crippen LogP contribution is -2.38. The van der Waals surface area contributed by atoms with Gasteiger partial charge in [-0.1, -0.05) is 6.07 Å². The molecule has 1 aromatic carbocycles. The van der Waals surface area contributed by atoms with E-state index in [-0.39, 0.29) is 12.0 Å². The average Bonchev–Trinajstić information content (AvgIpc) is 2.55. The number of carbonyl (C=O) groups is 1. The highest BCUT2D eigenvalue weighted by Gasteiger charge is 2.20. The van der Waals surface area contributed by atoms with E-state index in [0.29, 0.717) is 12.2 Å². The monoisotopic (exact) mass is 327 g/mol. The number of hydrogen-bond acceptors (Lipinski definition) is 3. The first kappa shape index (κ1) is 17.8. The summed E-state index contributed by atoms with van der Waals surface area (Å²) in [6.07, 6.45) is 2.54. The number of benzene rings is 1. The molecule has 0 saturated carbocycles. The molecule has 0 bridgehead atoms.